The Morgan fingerprint density at radius 1 is 1.20 bits per heavy atom. The topological polar surface area (TPSA) is 32.3 Å². The predicted molar refractivity (Wildman–Crippen MR) is 64.9 cm³/mol. The molecule has 1 rings (SSSR count). The number of aliphatic hydroxyl groups is 1. The van der Waals surface area contributed by atoms with Gasteiger partial charge in [0.2, 0.25) is 0 Å². The third-order valence-corrected chi connectivity index (χ3v) is 3.60. The van der Waals surface area contributed by atoms with E-state index < -0.39 is 0 Å². The third kappa shape index (κ3) is 6.16. The van der Waals surface area contributed by atoms with Crippen molar-refractivity contribution in [2.24, 2.45) is 11.8 Å². The first kappa shape index (κ1) is 13.0. The van der Waals surface area contributed by atoms with Crippen LogP contribution in [0.15, 0.2) is 0 Å². The van der Waals surface area contributed by atoms with Gasteiger partial charge < -0.3 is 10.4 Å². The van der Waals surface area contributed by atoms with Crippen molar-refractivity contribution in [2.75, 3.05) is 13.1 Å². The number of rotatable bonds is 6. The van der Waals surface area contributed by atoms with Crippen molar-refractivity contribution in [1.82, 2.24) is 5.32 Å². The van der Waals surface area contributed by atoms with E-state index in [1.165, 1.54) is 32.1 Å². The fourth-order valence-electron chi connectivity index (χ4n) is 2.36. The second-order valence-corrected chi connectivity index (χ2v) is 5.30. The van der Waals surface area contributed by atoms with Gasteiger partial charge in [0.15, 0.2) is 0 Å². The number of nitrogens with one attached hydrogen (secondary N) is 1. The maximum atomic E-state index is 9.09. The molecular formula is C13H27NO. The van der Waals surface area contributed by atoms with Gasteiger partial charge in [-0.1, -0.05) is 32.6 Å². The van der Waals surface area contributed by atoms with Crippen molar-refractivity contribution >= 4 is 0 Å². The Morgan fingerprint density at radius 3 is 2.47 bits per heavy atom. The summed E-state index contributed by atoms with van der Waals surface area (Å²) in [7, 11) is 0. The lowest BCUT2D eigenvalue weighted by molar-refractivity contribution is 0.183. The van der Waals surface area contributed by atoms with E-state index in [0.717, 1.165) is 31.3 Å². The van der Waals surface area contributed by atoms with Crippen LogP contribution in [0.1, 0.15) is 52.4 Å². The monoisotopic (exact) mass is 213 g/mol. The van der Waals surface area contributed by atoms with Gasteiger partial charge in [0.25, 0.3) is 0 Å². The molecule has 2 heteroatoms. The average molecular weight is 213 g/mol. The van der Waals surface area contributed by atoms with Crippen molar-refractivity contribution in [1.29, 1.82) is 0 Å². The van der Waals surface area contributed by atoms with Crippen molar-refractivity contribution in [3.8, 4) is 0 Å². The minimum absolute atomic E-state index is 0.159. The highest BCUT2D eigenvalue weighted by molar-refractivity contribution is 4.70. The fourth-order valence-corrected chi connectivity index (χ4v) is 2.36. The summed E-state index contributed by atoms with van der Waals surface area (Å²) in [5, 5.41) is 12.5. The second kappa shape index (κ2) is 7.24. The average Bonchev–Trinajstić information content (AvgIpc) is 2.20. The molecule has 1 saturated carbocycles. The Bertz CT molecular complexity index is 151. The summed E-state index contributed by atoms with van der Waals surface area (Å²) in [4.78, 5) is 0. The molecule has 0 bridgehead atoms. The van der Waals surface area contributed by atoms with Crippen LogP contribution in [0.3, 0.4) is 0 Å². The normalized spacial score (nSPS) is 29.0. The molecule has 0 aliphatic heterocycles. The first-order valence-electron chi connectivity index (χ1n) is 6.57. The molecule has 0 heterocycles. The van der Waals surface area contributed by atoms with Gasteiger partial charge in [-0.25, -0.2) is 0 Å². The van der Waals surface area contributed by atoms with Gasteiger partial charge >= 0.3 is 0 Å². The van der Waals surface area contributed by atoms with E-state index in [1.54, 1.807) is 0 Å². The molecule has 1 unspecified atom stereocenters. The van der Waals surface area contributed by atoms with Crippen LogP contribution in [0, 0.1) is 11.8 Å². The summed E-state index contributed by atoms with van der Waals surface area (Å²) in [6.07, 6.45) is 7.76. The van der Waals surface area contributed by atoms with Crippen molar-refractivity contribution in [2.45, 2.75) is 58.5 Å². The zero-order valence-corrected chi connectivity index (χ0v) is 10.3. The van der Waals surface area contributed by atoms with Gasteiger partial charge in [0, 0.05) is 0 Å². The fraction of sp³-hybridized carbons (Fsp3) is 1.00. The molecular weight excluding hydrogens is 186 g/mol. The molecule has 90 valence electrons. The lowest BCUT2D eigenvalue weighted by Crippen LogP contribution is -2.23. The van der Waals surface area contributed by atoms with Crippen LogP contribution in [0.25, 0.3) is 0 Å². The zero-order chi connectivity index (χ0) is 11.1. The van der Waals surface area contributed by atoms with E-state index in [0.29, 0.717) is 0 Å². The van der Waals surface area contributed by atoms with Gasteiger partial charge in [-0.3, -0.25) is 0 Å². The summed E-state index contributed by atoms with van der Waals surface area (Å²) in [6.45, 7) is 6.31. The molecule has 15 heavy (non-hydrogen) atoms. The molecule has 0 aromatic heterocycles. The van der Waals surface area contributed by atoms with Gasteiger partial charge in [0.1, 0.15) is 0 Å². The maximum Gasteiger partial charge on any atom is 0.0524 e. The van der Waals surface area contributed by atoms with Gasteiger partial charge in [-0.15, -0.1) is 0 Å². The van der Waals surface area contributed by atoms with Gasteiger partial charge in [-0.2, -0.15) is 0 Å². The molecule has 1 aliphatic carbocycles. The standard InChI is InChI=1S/C13H27NO/c1-11-3-5-13(6-4-11)8-10-14-9-7-12(2)15/h11-15H,3-10H2,1-2H3. The Labute approximate surface area is 94.5 Å². The highest BCUT2D eigenvalue weighted by Gasteiger charge is 2.17. The van der Waals surface area contributed by atoms with E-state index in [1.807, 2.05) is 6.92 Å². The Kier molecular flexibility index (Phi) is 6.26. The van der Waals surface area contributed by atoms with Crippen LogP contribution in [0.4, 0.5) is 0 Å². The van der Waals surface area contributed by atoms with Gasteiger partial charge in [0.05, 0.1) is 6.10 Å². The maximum absolute atomic E-state index is 9.09. The summed E-state index contributed by atoms with van der Waals surface area (Å²) >= 11 is 0. The number of hydrogen-bond donors (Lipinski definition) is 2. The smallest absolute Gasteiger partial charge is 0.0524 e. The van der Waals surface area contributed by atoms with Crippen LogP contribution >= 0.6 is 0 Å². The van der Waals surface area contributed by atoms with Crippen molar-refractivity contribution < 1.29 is 5.11 Å². The minimum Gasteiger partial charge on any atom is -0.393 e. The first-order chi connectivity index (χ1) is 7.18. The third-order valence-electron chi connectivity index (χ3n) is 3.60. The molecule has 1 fully saturated rings. The molecule has 1 aliphatic rings. The lowest BCUT2D eigenvalue weighted by atomic mass is 9.81. The highest BCUT2D eigenvalue weighted by Crippen LogP contribution is 2.29. The summed E-state index contributed by atoms with van der Waals surface area (Å²) in [6, 6.07) is 0. The van der Waals surface area contributed by atoms with Crippen LogP contribution in [-0.4, -0.2) is 24.3 Å². The summed E-state index contributed by atoms with van der Waals surface area (Å²) in [5.74, 6) is 1.92. The highest BCUT2D eigenvalue weighted by atomic mass is 16.3. The summed E-state index contributed by atoms with van der Waals surface area (Å²) < 4.78 is 0. The molecule has 0 saturated heterocycles. The minimum atomic E-state index is -0.159. The molecule has 0 amide bonds. The van der Waals surface area contributed by atoms with E-state index in [2.05, 4.69) is 12.2 Å². The number of hydrogen-bond acceptors (Lipinski definition) is 2. The predicted octanol–water partition coefficient (Wildman–Crippen LogP) is 2.56. The Morgan fingerprint density at radius 2 is 1.87 bits per heavy atom. The molecule has 0 spiro atoms. The number of aliphatic hydroxyl groups excluding tert-OH is 1. The van der Waals surface area contributed by atoms with E-state index >= 15 is 0 Å². The Balaban J connectivity index is 1.91. The molecule has 0 aromatic carbocycles. The van der Waals surface area contributed by atoms with Crippen LogP contribution in [0.2, 0.25) is 0 Å². The molecule has 0 aromatic rings. The SMILES string of the molecule is CC(O)CCNCCC1CCC(C)CC1. The molecule has 1 atom stereocenters. The molecule has 2 N–H and O–H groups in total. The van der Waals surface area contributed by atoms with E-state index in [-0.39, 0.29) is 6.10 Å². The van der Waals surface area contributed by atoms with Gasteiger partial charge in [-0.05, 0) is 44.7 Å². The zero-order valence-electron chi connectivity index (χ0n) is 10.3. The van der Waals surface area contributed by atoms with E-state index in [9.17, 15) is 0 Å². The van der Waals surface area contributed by atoms with Crippen LogP contribution in [0.5, 0.6) is 0 Å². The van der Waals surface area contributed by atoms with E-state index in [4.69, 9.17) is 5.11 Å². The quantitative estimate of drug-likeness (QED) is 0.665. The van der Waals surface area contributed by atoms with Crippen LogP contribution in [-0.2, 0) is 0 Å². The first-order valence-corrected chi connectivity index (χ1v) is 6.57. The Hall–Kier alpha value is -0.0800. The van der Waals surface area contributed by atoms with Crippen molar-refractivity contribution in [3.05, 3.63) is 0 Å². The van der Waals surface area contributed by atoms with Crippen LogP contribution < -0.4 is 5.32 Å². The summed E-state index contributed by atoms with van der Waals surface area (Å²) in [5.41, 5.74) is 0. The molecule has 0 radical (unpaired) electrons. The molecule has 2 nitrogen and oxygen atoms in total. The largest absolute Gasteiger partial charge is 0.393 e. The second-order valence-electron chi connectivity index (χ2n) is 5.30. The van der Waals surface area contributed by atoms with Crippen molar-refractivity contribution in [3.63, 3.8) is 0 Å². The lowest BCUT2D eigenvalue weighted by Gasteiger charge is -2.26.